The lowest BCUT2D eigenvalue weighted by molar-refractivity contribution is -0.144. The molecular formula is C24H21ClN2O5. The molecule has 1 saturated heterocycles. The summed E-state index contributed by atoms with van der Waals surface area (Å²) in [7, 11) is 1.46. The van der Waals surface area contributed by atoms with E-state index in [1.807, 2.05) is 0 Å². The Balaban J connectivity index is 2.06. The van der Waals surface area contributed by atoms with Gasteiger partial charge in [-0.15, -0.1) is 6.58 Å². The van der Waals surface area contributed by atoms with E-state index in [0.29, 0.717) is 16.3 Å². The number of ether oxygens (including phenoxy) is 1. The highest BCUT2D eigenvalue weighted by Crippen LogP contribution is 2.53. The van der Waals surface area contributed by atoms with Crippen molar-refractivity contribution in [2.24, 2.45) is 0 Å². The van der Waals surface area contributed by atoms with Crippen LogP contribution in [0.1, 0.15) is 11.1 Å². The van der Waals surface area contributed by atoms with Gasteiger partial charge in [-0.05, 0) is 30.3 Å². The molecule has 2 aromatic carbocycles. The monoisotopic (exact) mass is 452 g/mol. The maximum absolute atomic E-state index is 14.0. The summed E-state index contributed by atoms with van der Waals surface area (Å²) in [6.45, 7) is 3.98. The summed E-state index contributed by atoms with van der Waals surface area (Å²) in [4.78, 5) is 43.1. The van der Waals surface area contributed by atoms with Crippen molar-refractivity contribution in [3.8, 4) is 0 Å². The number of anilines is 1. The van der Waals surface area contributed by atoms with Gasteiger partial charge in [-0.2, -0.15) is 0 Å². The Morgan fingerprint density at radius 1 is 1.16 bits per heavy atom. The number of carbonyl (C=O) groups is 3. The minimum atomic E-state index is -1.81. The average Bonchev–Trinajstić information content (AvgIpc) is 3.17. The van der Waals surface area contributed by atoms with Gasteiger partial charge in [-0.3, -0.25) is 14.4 Å². The van der Waals surface area contributed by atoms with Crippen LogP contribution in [0.15, 0.2) is 66.8 Å². The number of rotatable bonds is 6. The fourth-order valence-corrected chi connectivity index (χ4v) is 4.54. The topological polar surface area (TPSA) is 87.2 Å². The van der Waals surface area contributed by atoms with Crippen molar-refractivity contribution in [2.75, 3.05) is 31.7 Å². The largest absolute Gasteiger partial charge is 0.507 e. The Bertz CT molecular complexity index is 1160. The highest BCUT2D eigenvalue weighted by molar-refractivity contribution is 6.50. The molecule has 2 heterocycles. The van der Waals surface area contributed by atoms with Crippen LogP contribution in [-0.2, 0) is 24.7 Å². The van der Waals surface area contributed by atoms with Crippen molar-refractivity contribution in [2.45, 2.75) is 5.54 Å². The molecule has 0 bridgehead atoms. The molecule has 1 spiro atoms. The Morgan fingerprint density at radius 2 is 1.84 bits per heavy atom. The van der Waals surface area contributed by atoms with E-state index in [4.69, 9.17) is 16.3 Å². The minimum absolute atomic E-state index is 0.0134. The van der Waals surface area contributed by atoms with Gasteiger partial charge in [0, 0.05) is 36.3 Å². The molecule has 32 heavy (non-hydrogen) atoms. The fourth-order valence-electron chi connectivity index (χ4n) is 4.41. The molecule has 2 aliphatic heterocycles. The number of aliphatic hydroxyl groups is 1. The Kier molecular flexibility index (Phi) is 5.62. The van der Waals surface area contributed by atoms with E-state index in [1.54, 1.807) is 42.5 Å². The summed E-state index contributed by atoms with van der Waals surface area (Å²) in [6, 6.07) is 13.1. The Hall–Kier alpha value is -3.42. The molecule has 0 radical (unpaired) electrons. The fraction of sp³-hybridized carbons (Fsp3) is 0.208. The van der Waals surface area contributed by atoms with Crippen molar-refractivity contribution >= 4 is 40.6 Å². The normalized spacial score (nSPS) is 21.5. The van der Waals surface area contributed by atoms with Gasteiger partial charge in [-0.1, -0.05) is 35.9 Å². The minimum Gasteiger partial charge on any atom is -0.507 e. The number of Topliss-reactive ketones (excluding diaryl/α,β-unsaturated/α-hetero) is 1. The molecule has 1 N–H and O–H groups in total. The summed E-state index contributed by atoms with van der Waals surface area (Å²) in [5, 5.41) is 11.7. The standard InChI is InChI=1S/C24H21ClN2O5/c1-3-12-26-18-7-5-4-6-17(18)24(23(26)31)19(20(28)15-8-10-16(25)11-9-15)21(29)22(30)27(24)13-14-32-2/h3-11,28H,1,12-14H2,2H3/t24-/m0/s1. The first-order chi connectivity index (χ1) is 15.4. The van der Waals surface area contributed by atoms with Gasteiger partial charge in [0.2, 0.25) is 0 Å². The summed E-state index contributed by atoms with van der Waals surface area (Å²) in [5.74, 6) is -2.76. The van der Waals surface area contributed by atoms with Gasteiger partial charge in [-0.25, -0.2) is 0 Å². The van der Waals surface area contributed by atoms with Crippen LogP contribution in [0.3, 0.4) is 0 Å². The molecular weight excluding hydrogens is 432 g/mol. The highest BCUT2D eigenvalue weighted by Gasteiger charge is 2.66. The van der Waals surface area contributed by atoms with E-state index in [2.05, 4.69) is 6.58 Å². The molecule has 164 valence electrons. The van der Waals surface area contributed by atoms with E-state index in [1.165, 1.54) is 29.0 Å². The maximum Gasteiger partial charge on any atom is 0.296 e. The second kappa shape index (κ2) is 8.26. The van der Waals surface area contributed by atoms with Crippen LogP contribution < -0.4 is 4.90 Å². The molecule has 2 aromatic rings. The molecule has 1 fully saturated rings. The van der Waals surface area contributed by atoms with Crippen molar-refractivity contribution in [3.05, 3.63) is 82.9 Å². The lowest BCUT2D eigenvalue weighted by Gasteiger charge is -2.34. The number of methoxy groups -OCH3 is 1. The first kappa shape index (κ1) is 21.8. The van der Waals surface area contributed by atoms with Crippen LogP contribution in [0.4, 0.5) is 5.69 Å². The second-order valence-electron chi connectivity index (χ2n) is 7.44. The van der Waals surface area contributed by atoms with Gasteiger partial charge >= 0.3 is 0 Å². The number of fused-ring (bicyclic) bond motifs is 2. The molecule has 2 aliphatic rings. The summed E-state index contributed by atoms with van der Waals surface area (Å²) in [5.41, 5.74) is -0.826. The van der Waals surface area contributed by atoms with Crippen molar-refractivity contribution < 1.29 is 24.2 Å². The average molecular weight is 453 g/mol. The zero-order chi connectivity index (χ0) is 23.0. The van der Waals surface area contributed by atoms with E-state index in [0.717, 1.165) is 0 Å². The van der Waals surface area contributed by atoms with Gasteiger partial charge < -0.3 is 19.6 Å². The lowest BCUT2D eigenvalue weighted by Crippen LogP contribution is -2.52. The second-order valence-corrected chi connectivity index (χ2v) is 7.88. The van der Waals surface area contributed by atoms with Gasteiger partial charge in [0.25, 0.3) is 17.6 Å². The zero-order valence-corrected chi connectivity index (χ0v) is 18.1. The molecule has 7 nitrogen and oxygen atoms in total. The van der Waals surface area contributed by atoms with E-state index < -0.39 is 28.9 Å². The number of halogens is 1. The van der Waals surface area contributed by atoms with Crippen LogP contribution in [0.5, 0.6) is 0 Å². The van der Waals surface area contributed by atoms with Crippen molar-refractivity contribution in [3.63, 3.8) is 0 Å². The Morgan fingerprint density at radius 3 is 2.50 bits per heavy atom. The van der Waals surface area contributed by atoms with Gasteiger partial charge in [0.05, 0.1) is 17.9 Å². The third kappa shape index (κ3) is 2.97. The number of para-hydroxylation sites is 1. The zero-order valence-electron chi connectivity index (χ0n) is 17.4. The van der Waals surface area contributed by atoms with E-state index in [-0.39, 0.29) is 30.8 Å². The predicted octanol–water partition coefficient (Wildman–Crippen LogP) is 3.09. The van der Waals surface area contributed by atoms with Crippen LogP contribution in [-0.4, -0.2) is 54.4 Å². The Labute approximate surface area is 190 Å². The van der Waals surface area contributed by atoms with Crippen molar-refractivity contribution in [1.29, 1.82) is 0 Å². The number of benzene rings is 2. The molecule has 2 amide bonds. The van der Waals surface area contributed by atoms with Crippen LogP contribution >= 0.6 is 11.6 Å². The number of carbonyl (C=O) groups excluding carboxylic acids is 3. The molecule has 0 unspecified atom stereocenters. The number of likely N-dealkylation sites (tertiary alicyclic amines) is 1. The summed E-state index contributed by atoms with van der Waals surface area (Å²) >= 11 is 5.96. The van der Waals surface area contributed by atoms with Crippen LogP contribution in [0.2, 0.25) is 5.02 Å². The molecule has 0 saturated carbocycles. The predicted molar refractivity (Wildman–Crippen MR) is 120 cm³/mol. The first-order valence-corrected chi connectivity index (χ1v) is 10.3. The number of amides is 2. The van der Waals surface area contributed by atoms with Crippen LogP contribution in [0.25, 0.3) is 5.76 Å². The number of ketones is 1. The van der Waals surface area contributed by atoms with Crippen molar-refractivity contribution in [1.82, 2.24) is 4.90 Å². The first-order valence-electron chi connectivity index (χ1n) is 9.96. The third-order valence-corrected chi connectivity index (χ3v) is 6.01. The lowest BCUT2D eigenvalue weighted by atomic mass is 9.82. The molecule has 8 heteroatoms. The third-order valence-electron chi connectivity index (χ3n) is 5.76. The maximum atomic E-state index is 14.0. The quantitative estimate of drug-likeness (QED) is 0.315. The molecule has 4 rings (SSSR count). The summed E-state index contributed by atoms with van der Waals surface area (Å²) < 4.78 is 5.14. The smallest absolute Gasteiger partial charge is 0.296 e. The number of aliphatic hydroxyl groups excluding tert-OH is 1. The van der Waals surface area contributed by atoms with Gasteiger partial charge in [0.1, 0.15) is 5.76 Å². The SMILES string of the molecule is C=CCN1C(=O)[C@@]2(C(=C(O)c3ccc(Cl)cc3)C(=O)C(=O)N2CCOC)c2ccccc21. The van der Waals surface area contributed by atoms with E-state index >= 15 is 0 Å². The number of hydrogen-bond donors (Lipinski definition) is 1. The van der Waals surface area contributed by atoms with Gasteiger partial charge in [0.15, 0.2) is 5.54 Å². The van der Waals surface area contributed by atoms with E-state index in [9.17, 15) is 19.5 Å². The number of hydrogen-bond acceptors (Lipinski definition) is 5. The molecule has 0 aromatic heterocycles. The summed E-state index contributed by atoms with van der Waals surface area (Å²) in [6.07, 6.45) is 1.56. The number of nitrogens with zero attached hydrogens (tertiary/aromatic N) is 2. The van der Waals surface area contributed by atoms with Crippen LogP contribution in [0, 0.1) is 0 Å². The molecule has 1 atom stereocenters. The highest BCUT2D eigenvalue weighted by atomic mass is 35.5. The molecule has 0 aliphatic carbocycles.